The standard InChI is InChI=1S/C59H75N3O27S5.CH4/c1-58(18-8-36-90(66,67)68)51(60(20-24-81-3)47-13-11-43-45(56(47)58)37-41(91(69,70)71)39-49(43)93(75,76)77)9-6-5-7-10-52-59(2,19-23-84-29-32-88-35-34-86-27-26-82-4)57-46-38-42(92(72,73)74)40-50(94(78,79)80)44(46)12-14-48(57)61(52)21-25-85-30-33-87-31-28-83-22-17-55(65)89-62-53(63)15-16-54(62)64;/h5-7,9-14,37-40H,8,15-36H2,1-4H3,(H4-,66,67,68,69,70,71,72,73,74,75,76,77,78,79,80);1H4/p-4. The molecule has 1 fully saturated rings. The van der Waals surface area contributed by atoms with Gasteiger partial charge in [0.2, 0.25) is 5.69 Å². The van der Waals surface area contributed by atoms with Crippen LogP contribution in [0.3, 0.4) is 0 Å². The first kappa shape index (κ1) is 77.9. The van der Waals surface area contributed by atoms with Crippen molar-refractivity contribution in [3.05, 3.63) is 95.7 Å². The van der Waals surface area contributed by atoms with Gasteiger partial charge in [0.05, 0.1) is 121 Å². The van der Waals surface area contributed by atoms with Crippen LogP contribution in [0.1, 0.15) is 70.9 Å². The second-order valence-electron chi connectivity index (χ2n) is 22.0. The molecule has 2 unspecified atom stereocenters. The van der Waals surface area contributed by atoms with Gasteiger partial charge in [-0.1, -0.05) is 31.7 Å². The Balaban J connectivity index is 0.0000143. The fraction of sp³-hybridized carbons (Fsp3) is 0.500. The van der Waals surface area contributed by atoms with Crippen LogP contribution < -0.4 is 4.90 Å². The van der Waals surface area contributed by atoms with Crippen LogP contribution in [0.2, 0.25) is 0 Å². The largest absolute Gasteiger partial charge is 0.748 e. The third-order valence-corrected chi connectivity index (χ3v) is 19.9. The van der Waals surface area contributed by atoms with Gasteiger partial charge in [-0.3, -0.25) is 9.59 Å². The van der Waals surface area contributed by atoms with E-state index < -0.39 is 105 Å². The van der Waals surface area contributed by atoms with Gasteiger partial charge in [0.15, 0.2) is 12.3 Å². The number of carbonyl (C=O) groups excluding carboxylic acids is 3. The number of methoxy groups -OCH3 is 2. The van der Waals surface area contributed by atoms with Crippen LogP contribution in [0, 0.1) is 0 Å². The third kappa shape index (κ3) is 19.8. The summed E-state index contributed by atoms with van der Waals surface area (Å²) in [6.45, 7) is 5.19. The summed E-state index contributed by atoms with van der Waals surface area (Å²) in [4.78, 5) is 38.3. The fourth-order valence-electron chi connectivity index (χ4n) is 11.4. The van der Waals surface area contributed by atoms with Crippen molar-refractivity contribution in [3.63, 3.8) is 0 Å². The van der Waals surface area contributed by atoms with Gasteiger partial charge in [-0.25, -0.2) is 46.9 Å². The quantitative estimate of drug-likeness (QED) is 0.0203. The number of benzene rings is 4. The van der Waals surface area contributed by atoms with Gasteiger partial charge in [0.1, 0.15) is 47.1 Å². The van der Waals surface area contributed by atoms with Crippen LogP contribution >= 0.6 is 0 Å². The second kappa shape index (κ2) is 33.5. The molecule has 35 heteroatoms. The van der Waals surface area contributed by atoms with Crippen LogP contribution in [-0.2, 0) is 119 Å². The molecule has 7 rings (SSSR count). The first-order valence-corrected chi connectivity index (χ1v) is 36.5. The predicted octanol–water partition coefficient (Wildman–Crippen LogP) is 3.48. The van der Waals surface area contributed by atoms with Crippen LogP contribution in [0.5, 0.6) is 0 Å². The number of hydrogen-bond acceptors (Lipinski definition) is 28. The third-order valence-electron chi connectivity index (χ3n) is 15.7. The summed E-state index contributed by atoms with van der Waals surface area (Å²) in [5.41, 5.74) is -0.661. The van der Waals surface area contributed by atoms with Crippen molar-refractivity contribution in [3.8, 4) is 0 Å². The Labute approximate surface area is 552 Å². The highest BCUT2D eigenvalue weighted by Crippen LogP contribution is 2.54. The van der Waals surface area contributed by atoms with E-state index in [2.05, 4.69) is 0 Å². The van der Waals surface area contributed by atoms with Gasteiger partial charge in [-0.2, -0.15) is 4.58 Å². The Hall–Kier alpha value is -6.07. The van der Waals surface area contributed by atoms with E-state index in [4.69, 9.17) is 42.7 Å². The number of amides is 2. The number of nitrogens with zero attached hydrogens (tertiary/aromatic N) is 3. The van der Waals surface area contributed by atoms with E-state index in [0.29, 0.717) is 58.8 Å². The van der Waals surface area contributed by atoms with E-state index in [-0.39, 0.29) is 165 Å². The molecule has 0 radical (unpaired) electrons. The Morgan fingerprint density at radius 1 is 0.558 bits per heavy atom. The summed E-state index contributed by atoms with van der Waals surface area (Å²) < 4.78 is 235. The summed E-state index contributed by atoms with van der Waals surface area (Å²) in [6, 6.07) is 8.53. The Bertz CT molecular complexity index is 4180. The molecule has 3 heterocycles. The zero-order valence-electron chi connectivity index (χ0n) is 51.7. The highest BCUT2D eigenvalue weighted by atomic mass is 32.2. The summed E-state index contributed by atoms with van der Waals surface area (Å²) >= 11 is 0. The SMILES string of the molecule is C.COCCOCCOCCOCCC1(C)\C(=C/C=C/C=C/C2=[N+](CCOC)c3ccc4c(S(=O)(=O)[O-])cc(S(=O)(=O)[O-])cc4c3C2(C)CCCS(=O)(=O)[O-])N(CCOCCOCCOCCC(=O)ON2C(=O)CCC2=O)c2ccc3c(S(=O)(=O)[O-])cc(S(=O)(=O)[O-])cc3c21. The number of ether oxygens (including phenoxy) is 8. The first-order chi connectivity index (χ1) is 44.3. The molecule has 0 aliphatic carbocycles. The average molecular weight is 1430 g/mol. The molecule has 1 saturated heterocycles. The lowest BCUT2D eigenvalue weighted by Gasteiger charge is -2.31. The molecule has 2 atom stereocenters. The van der Waals surface area contributed by atoms with E-state index in [0.717, 1.165) is 12.1 Å². The Morgan fingerprint density at radius 3 is 1.57 bits per heavy atom. The highest BCUT2D eigenvalue weighted by Gasteiger charge is 2.49. The number of fused-ring (bicyclic) bond motifs is 6. The minimum atomic E-state index is -5.44. The topological polar surface area (TPSA) is 430 Å². The monoisotopic (exact) mass is 1430 g/mol. The van der Waals surface area contributed by atoms with E-state index in [1.54, 1.807) is 48.8 Å². The van der Waals surface area contributed by atoms with Crippen LogP contribution in [0.4, 0.5) is 11.4 Å². The van der Waals surface area contributed by atoms with Crippen molar-refractivity contribution in [2.45, 2.75) is 90.2 Å². The molecule has 3 aliphatic heterocycles. The fourth-order valence-corrected chi connectivity index (χ4v) is 14.6. The van der Waals surface area contributed by atoms with Crippen LogP contribution in [0.15, 0.2) is 104 Å². The van der Waals surface area contributed by atoms with E-state index in [1.165, 1.54) is 38.5 Å². The molecule has 4 aromatic rings. The maximum atomic E-state index is 12.9. The van der Waals surface area contributed by atoms with Crippen molar-refractivity contribution in [1.29, 1.82) is 0 Å². The number of allylic oxidation sites excluding steroid dienone is 6. The van der Waals surface area contributed by atoms with Crippen molar-refractivity contribution in [1.82, 2.24) is 5.06 Å². The number of hydrogen-bond donors (Lipinski definition) is 0. The van der Waals surface area contributed by atoms with Crippen molar-refractivity contribution in [2.75, 3.05) is 130 Å². The van der Waals surface area contributed by atoms with Gasteiger partial charge >= 0.3 is 5.97 Å². The summed E-state index contributed by atoms with van der Waals surface area (Å²) in [6.07, 6.45) is 7.38. The smallest absolute Gasteiger partial charge is 0.335 e. The number of rotatable bonds is 39. The molecule has 526 valence electrons. The summed E-state index contributed by atoms with van der Waals surface area (Å²) in [7, 11) is -23.5. The van der Waals surface area contributed by atoms with Gasteiger partial charge in [0.25, 0.3) is 11.8 Å². The molecule has 0 bridgehead atoms. The van der Waals surface area contributed by atoms with Gasteiger partial charge in [0, 0.05) is 85.9 Å². The normalized spacial score (nSPS) is 18.4. The van der Waals surface area contributed by atoms with Crippen LogP contribution in [0.25, 0.3) is 21.5 Å². The van der Waals surface area contributed by atoms with Crippen molar-refractivity contribution in [2.24, 2.45) is 0 Å². The van der Waals surface area contributed by atoms with Crippen molar-refractivity contribution >= 4 is 107 Å². The number of carbonyl (C=O) groups is 3. The maximum Gasteiger partial charge on any atom is 0.335 e. The average Bonchev–Trinajstić information content (AvgIpc) is 1.60. The lowest BCUT2D eigenvalue weighted by molar-refractivity contribution is -0.441. The molecule has 0 saturated carbocycles. The van der Waals surface area contributed by atoms with E-state index >= 15 is 0 Å². The molecule has 4 aromatic carbocycles. The zero-order valence-corrected chi connectivity index (χ0v) is 55.8. The lowest BCUT2D eigenvalue weighted by Crippen LogP contribution is -2.32. The van der Waals surface area contributed by atoms with Gasteiger partial charge in [-0.15, -0.1) is 5.06 Å². The Kier molecular flexibility index (Phi) is 27.4. The molecule has 30 nitrogen and oxygen atoms in total. The zero-order chi connectivity index (χ0) is 68.9. The maximum absolute atomic E-state index is 12.9. The molecule has 3 aliphatic rings. The number of anilines is 1. The Morgan fingerprint density at radius 2 is 1.05 bits per heavy atom. The molecular formula is C60H75N3O27S5-4. The molecule has 0 spiro atoms. The minimum absolute atomic E-state index is 0. The second-order valence-corrected chi connectivity index (χ2v) is 29.0. The molecule has 0 N–H and O–H groups in total. The van der Waals surface area contributed by atoms with Crippen LogP contribution in [-0.4, -0.2) is 224 Å². The van der Waals surface area contributed by atoms with Gasteiger partial charge < -0.3 is 70.4 Å². The molecule has 95 heavy (non-hydrogen) atoms. The number of imide groups is 1. The van der Waals surface area contributed by atoms with Gasteiger partial charge in [-0.05, 0) is 97.3 Å². The lowest BCUT2D eigenvalue weighted by atomic mass is 9.74. The summed E-state index contributed by atoms with van der Waals surface area (Å²) in [5, 5.41) is -0.184. The minimum Gasteiger partial charge on any atom is -0.748 e. The van der Waals surface area contributed by atoms with E-state index in [1.807, 2.05) is 4.90 Å². The molecular weight excluding hydrogens is 1350 g/mol. The molecule has 2 amide bonds. The number of hydroxylamine groups is 2. The highest BCUT2D eigenvalue weighted by molar-refractivity contribution is 7.87. The first-order valence-electron chi connectivity index (χ1n) is 29.2. The predicted molar refractivity (Wildman–Crippen MR) is 334 cm³/mol. The molecule has 0 aromatic heterocycles. The van der Waals surface area contributed by atoms with Crippen molar-refractivity contribution < 1.29 is 127 Å². The summed E-state index contributed by atoms with van der Waals surface area (Å²) in [5.74, 6) is -2.92. The van der Waals surface area contributed by atoms with E-state index in [9.17, 15) is 79.2 Å².